The Morgan fingerprint density at radius 3 is 2.71 bits per heavy atom. The topological polar surface area (TPSA) is 169 Å². The molecule has 0 saturated heterocycles. The van der Waals surface area contributed by atoms with Crippen LogP contribution in [0.1, 0.15) is 5.69 Å². The van der Waals surface area contributed by atoms with Crippen LogP contribution in [0.25, 0.3) is 0 Å². The largest absolute Gasteiger partial charge is 0.395 e. The zero-order valence-corrected chi connectivity index (χ0v) is 9.88. The molecule has 0 spiro atoms. The molecule has 0 aliphatic heterocycles. The summed E-state index contributed by atoms with van der Waals surface area (Å²) in [6, 6.07) is 0. The number of nitrogens with zero attached hydrogens (tertiary/aromatic N) is 2. The van der Waals surface area contributed by atoms with Crippen LogP contribution in [0.5, 0.6) is 0 Å². The number of anilines is 1. The van der Waals surface area contributed by atoms with E-state index in [1.54, 1.807) is 0 Å². The highest BCUT2D eigenvalue weighted by Gasteiger charge is 2.12. The van der Waals surface area contributed by atoms with E-state index >= 15 is 0 Å². The van der Waals surface area contributed by atoms with Crippen molar-refractivity contribution >= 4 is 21.3 Å². The molecule has 1 aromatic rings. The number of hydrogen-bond acceptors (Lipinski definition) is 8. The third-order valence-electron chi connectivity index (χ3n) is 1.93. The smallest absolute Gasteiger partial charge is 0.202 e. The average molecular weight is 261 g/mol. The van der Waals surface area contributed by atoms with E-state index in [0.717, 1.165) is 0 Å². The molecule has 0 saturated carbocycles. The maximum Gasteiger partial charge on any atom is 0.202 e. The van der Waals surface area contributed by atoms with Crippen molar-refractivity contribution in [1.29, 1.82) is 15.0 Å². The van der Waals surface area contributed by atoms with Crippen LogP contribution in [0, 0.1) is 15.0 Å². The zero-order valence-electron chi connectivity index (χ0n) is 9.06. The maximum atomic E-state index is 8.68. The van der Waals surface area contributed by atoms with Crippen LogP contribution in [0.2, 0.25) is 0 Å². The quantitative estimate of drug-likeness (QED) is 0.284. The minimum absolute atomic E-state index is 0.114. The lowest BCUT2D eigenvalue weighted by atomic mass is 10.4. The van der Waals surface area contributed by atoms with Crippen molar-refractivity contribution in [3.63, 3.8) is 0 Å². The molecule has 1 rings (SSSR count). The summed E-state index contributed by atoms with van der Waals surface area (Å²) in [5.41, 5.74) is 5.36. The summed E-state index contributed by atoms with van der Waals surface area (Å²) >= 11 is 0. The second-order valence-electron chi connectivity index (χ2n) is 3.32. The highest BCUT2D eigenvalue weighted by atomic mass is 32.2. The molecule has 0 aromatic carbocycles. The molecule has 0 amide bonds. The Labute approximate surface area is 98.3 Å². The minimum Gasteiger partial charge on any atom is -0.395 e. The number of aliphatic hydroxyl groups is 1. The van der Waals surface area contributed by atoms with Crippen LogP contribution < -0.4 is 11.1 Å². The highest BCUT2D eigenvalue weighted by Crippen LogP contribution is 2.07. The molecular weight excluding hydrogens is 246 g/mol. The van der Waals surface area contributed by atoms with Crippen molar-refractivity contribution in [2.24, 2.45) is 5.73 Å². The first-order valence-electron chi connectivity index (χ1n) is 4.76. The average Bonchev–Trinajstić information content (AvgIpc) is 2.65. The molecular formula is C7H15N7O2S. The number of nitrogen functional groups attached to an aromatic ring is 1. The van der Waals surface area contributed by atoms with Crippen LogP contribution in [0.4, 0.5) is 5.82 Å². The van der Waals surface area contributed by atoms with Gasteiger partial charge in [-0.2, -0.15) is 0 Å². The molecule has 1 aromatic heterocycles. The van der Waals surface area contributed by atoms with Crippen molar-refractivity contribution in [3.8, 4) is 0 Å². The SMILES string of the molecule is N=C(N)c1nonc1NCCS(=N)(=N)CCO. The van der Waals surface area contributed by atoms with Gasteiger partial charge in [-0.1, -0.05) is 9.62 Å². The summed E-state index contributed by atoms with van der Waals surface area (Å²) in [4.78, 5) is 0. The predicted octanol–water partition coefficient (Wildman–Crippen LogP) is -0.563. The molecule has 9 nitrogen and oxygen atoms in total. The molecule has 96 valence electrons. The van der Waals surface area contributed by atoms with Gasteiger partial charge in [0.15, 0.2) is 5.69 Å². The second kappa shape index (κ2) is 5.59. The standard InChI is InChI=1S/C7H15N7O2S/c8-6(9)5-7(14-16-13-5)12-1-3-17(10,11)4-2-15/h10-11,15H,1-4H2,(H3,8,9)(H,12,14). The fourth-order valence-electron chi connectivity index (χ4n) is 1.08. The summed E-state index contributed by atoms with van der Waals surface area (Å²) < 4.78 is 19.7. The number of amidine groups is 1. The predicted molar refractivity (Wildman–Crippen MR) is 63.4 cm³/mol. The Kier molecular flexibility index (Phi) is 4.40. The van der Waals surface area contributed by atoms with E-state index in [9.17, 15) is 0 Å². The van der Waals surface area contributed by atoms with E-state index in [4.69, 9.17) is 25.8 Å². The van der Waals surface area contributed by atoms with Gasteiger partial charge in [-0.15, -0.1) is 0 Å². The van der Waals surface area contributed by atoms with Crippen molar-refractivity contribution in [2.45, 2.75) is 0 Å². The van der Waals surface area contributed by atoms with Crippen LogP contribution in [0.3, 0.4) is 0 Å². The maximum absolute atomic E-state index is 8.68. The number of aromatic nitrogens is 2. The van der Waals surface area contributed by atoms with Crippen molar-refractivity contribution in [1.82, 2.24) is 10.3 Å². The molecule has 0 unspecified atom stereocenters. The van der Waals surface area contributed by atoms with Gasteiger partial charge >= 0.3 is 0 Å². The molecule has 0 aliphatic carbocycles. The van der Waals surface area contributed by atoms with Crippen LogP contribution >= 0.6 is 0 Å². The summed E-state index contributed by atoms with van der Waals surface area (Å²) in [7, 11) is -2.29. The molecule has 7 N–H and O–H groups in total. The van der Waals surface area contributed by atoms with Gasteiger partial charge in [-0.3, -0.25) is 15.0 Å². The Balaban J connectivity index is 2.52. The first-order chi connectivity index (χ1) is 7.96. The highest BCUT2D eigenvalue weighted by molar-refractivity contribution is 7.93. The second-order valence-corrected chi connectivity index (χ2v) is 5.90. The van der Waals surface area contributed by atoms with Gasteiger partial charge < -0.3 is 16.2 Å². The van der Waals surface area contributed by atoms with Crippen molar-refractivity contribution in [3.05, 3.63) is 5.69 Å². The summed E-state index contributed by atoms with van der Waals surface area (Å²) in [6.45, 7) is 0.156. The van der Waals surface area contributed by atoms with Crippen LogP contribution in [-0.4, -0.2) is 45.9 Å². The lowest BCUT2D eigenvalue weighted by Gasteiger charge is -2.09. The first-order valence-corrected chi connectivity index (χ1v) is 6.73. The fraction of sp³-hybridized carbons (Fsp3) is 0.571. The number of rotatable bonds is 7. The lowest BCUT2D eigenvalue weighted by molar-refractivity contribution is 0.307. The zero-order chi connectivity index (χ0) is 12.9. The Morgan fingerprint density at radius 2 is 2.12 bits per heavy atom. The van der Waals surface area contributed by atoms with Gasteiger partial charge in [0.1, 0.15) is 5.84 Å². The van der Waals surface area contributed by atoms with Gasteiger partial charge in [0.25, 0.3) is 0 Å². The van der Waals surface area contributed by atoms with Gasteiger partial charge in [0, 0.05) is 18.1 Å². The molecule has 10 heteroatoms. The normalized spacial score (nSPS) is 11.4. The molecule has 0 fully saturated rings. The van der Waals surface area contributed by atoms with E-state index < -0.39 is 9.62 Å². The number of nitrogens with two attached hydrogens (primary N) is 1. The van der Waals surface area contributed by atoms with Crippen LogP contribution in [-0.2, 0) is 9.62 Å². The van der Waals surface area contributed by atoms with E-state index in [2.05, 4.69) is 20.3 Å². The third-order valence-corrected chi connectivity index (χ3v) is 3.71. The minimum atomic E-state index is -2.29. The van der Waals surface area contributed by atoms with Gasteiger partial charge in [-0.05, 0) is 10.3 Å². The number of nitrogens with one attached hydrogen (secondary N) is 4. The van der Waals surface area contributed by atoms with Crippen molar-refractivity contribution < 1.29 is 9.74 Å². The molecule has 0 bridgehead atoms. The molecule has 0 atom stereocenters. The Bertz CT molecular complexity index is 480. The summed E-state index contributed by atoms with van der Waals surface area (Å²) in [5, 5.41) is 25.6. The monoisotopic (exact) mass is 261 g/mol. The molecule has 1 heterocycles. The number of aliphatic hydroxyl groups excluding tert-OH is 1. The molecule has 0 aliphatic rings. The summed E-state index contributed by atoms with van der Waals surface area (Å²) in [5.74, 6) is 0.402. The van der Waals surface area contributed by atoms with Crippen LogP contribution in [0.15, 0.2) is 4.63 Å². The van der Waals surface area contributed by atoms with E-state index in [0.29, 0.717) is 6.54 Å². The van der Waals surface area contributed by atoms with E-state index in [1.165, 1.54) is 0 Å². The summed E-state index contributed by atoms with van der Waals surface area (Å²) in [6.07, 6.45) is 0. The molecule has 17 heavy (non-hydrogen) atoms. The van der Waals surface area contributed by atoms with E-state index in [1.807, 2.05) is 0 Å². The third kappa shape index (κ3) is 4.00. The van der Waals surface area contributed by atoms with Gasteiger partial charge in [0.2, 0.25) is 5.82 Å². The Hall–Kier alpha value is -1.68. The lowest BCUT2D eigenvalue weighted by Crippen LogP contribution is -2.20. The molecule has 0 radical (unpaired) electrons. The Morgan fingerprint density at radius 1 is 1.41 bits per heavy atom. The van der Waals surface area contributed by atoms with Gasteiger partial charge in [0.05, 0.1) is 6.61 Å². The van der Waals surface area contributed by atoms with Crippen molar-refractivity contribution in [2.75, 3.05) is 30.0 Å². The van der Waals surface area contributed by atoms with E-state index in [-0.39, 0.29) is 35.5 Å². The fourth-order valence-corrected chi connectivity index (χ4v) is 2.05. The van der Waals surface area contributed by atoms with Gasteiger partial charge in [-0.25, -0.2) is 4.63 Å². The number of hydrogen-bond donors (Lipinski definition) is 6. The first kappa shape index (κ1) is 13.4.